The number of nitrogens with zero attached hydrogens (tertiary/aromatic N) is 1. The highest BCUT2D eigenvalue weighted by Gasteiger charge is 2.36. The Hall–Kier alpha value is -1.07. The van der Waals surface area contributed by atoms with Crippen LogP contribution in [-0.2, 0) is 4.79 Å². The van der Waals surface area contributed by atoms with Crippen molar-refractivity contribution < 1.29 is 9.21 Å². The lowest BCUT2D eigenvalue weighted by atomic mass is 10.3. The molecule has 2 heterocycles. The van der Waals surface area contributed by atoms with Crippen molar-refractivity contribution >= 4 is 40.3 Å². The van der Waals surface area contributed by atoms with Gasteiger partial charge in [-0.15, -0.1) is 0 Å². The van der Waals surface area contributed by atoms with Crippen LogP contribution in [0.15, 0.2) is 21.5 Å². The molecule has 1 aliphatic heterocycles. The lowest BCUT2D eigenvalue weighted by Gasteiger charge is -2.09. The van der Waals surface area contributed by atoms with Crippen LogP contribution in [-0.4, -0.2) is 21.7 Å². The second-order valence-electron chi connectivity index (χ2n) is 4.99. The topological polar surface area (TPSA) is 33.5 Å². The van der Waals surface area contributed by atoms with E-state index in [-0.39, 0.29) is 5.91 Å². The highest BCUT2D eigenvalue weighted by molar-refractivity contribution is 8.26. The Morgan fingerprint density at radius 3 is 2.89 bits per heavy atom. The zero-order valence-corrected chi connectivity index (χ0v) is 12.5. The van der Waals surface area contributed by atoms with Gasteiger partial charge in [0.15, 0.2) is 0 Å². The van der Waals surface area contributed by atoms with Gasteiger partial charge in [0.05, 0.1) is 4.91 Å². The molecule has 2 aliphatic rings. The highest BCUT2D eigenvalue weighted by atomic mass is 32.2. The average molecular weight is 293 g/mol. The van der Waals surface area contributed by atoms with Gasteiger partial charge in [0.2, 0.25) is 0 Å². The molecule has 2 atom stereocenters. The number of hydrogen-bond donors (Lipinski definition) is 0. The van der Waals surface area contributed by atoms with Crippen molar-refractivity contribution in [1.82, 2.24) is 4.90 Å². The van der Waals surface area contributed by atoms with E-state index < -0.39 is 0 Å². The molecular weight excluding hydrogens is 278 g/mol. The summed E-state index contributed by atoms with van der Waals surface area (Å²) in [5.74, 6) is 3.04. The minimum Gasteiger partial charge on any atom is -0.461 e. The summed E-state index contributed by atoms with van der Waals surface area (Å²) in [6, 6.07) is 3.94. The zero-order valence-electron chi connectivity index (χ0n) is 10.9. The fourth-order valence-corrected chi connectivity index (χ4v) is 3.63. The Balaban J connectivity index is 1.80. The first-order valence-electron chi connectivity index (χ1n) is 6.45. The third kappa shape index (κ3) is 2.37. The Morgan fingerprint density at radius 2 is 2.32 bits per heavy atom. The van der Waals surface area contributed by atoms with E-state index in [1.54, 1.807) is 11.0 Å². The van der Waals surface area contributed by atoms with Crippen LogP contribution in [0.25, 0.3) is 6.08 Å². The number of thiocarbonyl (C=S) groups is 1. The van der Waals surface area contributed by atoms with Crippen molar-refractivity contribution in [2.45, 2.75) is 26.2 Å². The molecule has 1 saturated carbocycles. The second kappa shape index (κ2) is 4.80. The molecule has 3 rings (SSSR count). The summed E-state index contributed by atoms with van der Waals surface area (Å²) in [6.45, 7) is 4.76. The first-order chi connectivity index (χ1) is 9.10. The van der Waals surface area contributed by atoms with E-state index in [0.29, 0.717) is 21.7 Å². The van der Waals surface area contributed by atoms with Crippen LogP contribution in [0, 0.1) is 5.92 Å². The predicted molar refractivity (Wildman–Crippen MR) is 80.8 cm³/mol. The van der Waals surface area contributed by atoms with Gasteiger partial charge in [-0.1, -0.05) is 30.9 Å². The lowest BCUT2D eigenvalue weighted by Crippen LogP contribution is -2.27. The minimum atomic E-state index is -0.0183. The molecule has 100 valence electrons. The van der Waals surface area contributed by atoms with Gasteiger partial charge in [0.1, 0.15) is 15.8 Å². The molecular formula is C14H15NO2S2. The van der Waals surface area contributed by atoms with Gasteiger partial charge in [0, 0.05) is 18.5 Å². The quantitative estimate of drug-likeness (QED) is 0.629. The van der Waals surface area contributed by atoms with Crippen molar-refractivity contribution in [3.05, 3.63) is 28.6 Å². The molecule has 0 N–H and O–H groups in total. The van der Waals surface area contributed by atoms with Crippen LogP contribution in [0.5, 0.6) is 0 Å². The van der Waals surface area contributed by atoms with Gasteiger partial charge in [-0.05, 0) is 31.4 Å². The zero-order chi connectivity index (χ0) is 13.6. The maximum atomic E-state index is 12.1. The molecule has 1 aromatic rings. The first-order valence-corrected chi connectivity index (χ1v) is 7.67. The number of carbonyl (C=O) groups is 1. The van der Waals surface area contributed by atoms with Crippen LogP contribution in [0.4, 0.5) is 0 Å². The summed E-state index contributed by atoms with van der Waals surface area (Å²) in [7, 11) is 0. The van der Waals surface area contributed by atoms with Crippen molar-refractivity contribution in [3.63, 3.8) is 0 Å². The van der Waals surface area contributed by atoms with E-state index in [2.05, 4.69) is 6.92 Å². The molecule has 2 fully saturated rings. The maximum Gasteiger partial charge on any atom is 0.266 e. The van der Waals surface area contributed by atoms with E-state index in [0.717, 1.165) is 17.4 Å². The highest BCUT2D eigenvalue weighted by Crippen LogP contribution is 2.47. The summed E-state index contributed by atoms with van der Waals surface area (Å²) in [4.78, 5) is 14.3. The number of rotatable bonds is 3. The normalized spacial score (nSPS) is 28.5. The average Bonchev–Trinajstić information content (AvgIpc) is 2.83. The van der Waals surface area contributed by atoms with Crippen LogP contribution in [0.3, 0.4) is 0 Å². The Labute approximate surface area is 122 Å². The number of furan rings is 1. The van der Waals surface area contributed by atoms with Gasteiger partial charge in [-0.2, -0.15) is 0 Å². The lowest BCUT2D eigenvalue weighted by molar-refractivity contribution is -0.121. The first kappa shape index (κ1) is 12.9. The van der Waals surface area contributed by atoms with Gasteiger partial charge >= 0.3 is 0 Å². The van der Waals surface area contributed by atoms with E-state index >= 15 is 0 Å². The Morgan fingerprint density at radius 1 is 1.58 bits per heavy atom. The summed E-state index contributed by atoms with van der Waals surface area (Å²) in [5.41, 5.74) is 0. The van der Waals surface area contributed by atoms with Gasteiger partial charge < -0.3 is 4.42 Å². The molecule has 1 aromatic heterocycles. The SMILES string of the molecule is CCN1C(=O)/C(=C/c2ccc([C@H]3C[C@H]3C)o2)SC1=S. The van der Waals surface area contributed by atoms with Gasteiger partial charge in [-0.25, -0.2) is 0 Å². The largest absolute Gasteiger partial charge is 0.461 e. The number of hydrogen-bond acceptors (Lipinski definition) is 4. The van der Waals surface area contributed by atoms with E-state index in [1.165, 1.54) is 18.2 Å². The second-order valence-corrected chi connectivity index (χ2v) is 6.66. The van der Waals surface area contributed by atoms with Gasteiger partial charge in [0.25, 0.3) is 5.91 Å². The van der Waals surface area contributed by atoms with Crippen LogP contribution in [0.1, 0.15) is 37.7 Å². The standard InChI is InChI=1S/C14H15NO2S2/c1-3-15-13(16)12(19-14(15)18)7-9-4-5-11(17-9)10-6-8(10)2/h4-5,7-8,10H,3,6H2,1-2H3/b12-7-/t8-,10+/m1/s1. The predicted octanol–water partition coefficient (Wildman–Crippen LogP) is 3.62. The fourth-order valence-electron chi connectivity index (χ4n) is 2.27. The third-order valence-electron chi connectivity index (χ3n) is 3.59. The molecule has 1 amide bonds. The fraction of sp³-hybridized carbons (Fsp3) is 0.429. The van der Waals surface area contributed by atoms with Crippen LogP contribution in [0.2, 0.25) is 0 Å². The van der Waals surface area contributed by atoms with Crippen LogP contribution < -0.4 is 0 Å². The molecule has 0 bridgehead atoms. The van der Waals surface area contributed by atoms with E-state index in [9.17, 15) is 4.79 Å². The third-order valence-corrected chi connectivity index (χ3v) is 4.96. The van der Waals surface area contributed by atoms with E-state index in [1.807, 2.05) is 19.1 Å². The summed E-state index contributed by atoms with van der Waals surface area (Å²) < 4.78 is 6.41. The number of carbonyl (C=O) groups excluding carboxylic acids is 1. The molecule has 5 heteroatoms. The molecule has 0 aromatic carbocycles. The molecule has 3 nitrogen and oxygen atoms in total. The smallest absolute Gasteiger partial charge is 0.266 e. The molecule has 1 aliphatic carbocycles. The summed E-state index contributed by atoms with van der Waals surface area (Å²) in [5, 5.41) is 0. The molecule has 19 heavy (non-hydrogen) atoms. The maximum absolute atomic E-state index is 12.1. The van der Waals surface area contributed by atoms with Crippen molar-refractivity contribution in [2.24, 2.45) is 5.92 Å². The van der Waals surface area contributed by atoms with Crippen LogP contribution >= 0.6 is 24.0 Å². The summed E-state index contributed by atoms with van der Waals surface area (Å²) in [6.07, 6.45) is 3.00. The summed E-state index contributed by atoms with van der Waals surface area (Å²) >= 11 is 6.52. The van der Waals surface area contributed by atoms with E-state index in [4.69, 9.17) is 16.6 Å². The minimum absolute atomic E-state index is 0.0183. The molecule has 0 spiro atoms. The Kier molecular flexibility index (Phi) is 3.27. The number of thioether (sulfide) groups is 1. The molecule has 0 radical (unpaired) electrons. The van der Waals surface area contributed by atoms with Gasteiger partial charge in [-0.3, -0.25) is 9.69 Å². The number of amides is 1. The number of likely N-dealkylation sites (N-methyl/N-ethyl adjacent to an activating group) is 1. The van der Waals surface area contributed by atoms with Crippen molar-refractivity contribution in [1.29, 1.82) is 0 Å². The van der Waals surface area contributed by atoms with Crippen molar-refractivity contribution in [3.8, 4) is 0 Å². The molecule has 0 unspecified atom stereocenters. The Bertz CT molecular complexity index is 576. The monoisotopic (exact) mass is 293 g/mol. The molecule has 1 saturated heterocycles. The van der Waals surface area contributed by atoms with Crippen molar-refractivity contribution in [2.75, 3.05) is 6.54 Å².